The first-order valence-electron chi connectivity index (χ1n) is 3.00. The number of aromatic nitrogens is 2. The van der Waals surface area contributed by atoms with Crippen molar-refractivity contribution < 1.29 is 9.90 Å². The van der Waals surface area contributed by atoms with E-state index in [1.54, 1.807) is 12.4 Å². The number of carbonyl (C=O) groups is 1. The molecule has 0 amide bonds. The van der Waals surface area contributed by atoms with Crippen LogP contribution in [0, 0.1) is 0 Å². The third kappa shape index (κ3) is 6.12. The summed E-state index contributed by atoms with van der Waals surface area (Å²) in [4.78, 5) is 15.7. The highest BCUT2D eigenvalue weighted by Crippen LogP contribution is 1.81. The summed E-state index contributed by atoms with van der Waals surface area (Å²) in [7, 11) is 0. The molecule has 1 heterocycles. The van der Waals surface area contributed by atoms with E-state index in [4.69, 9.17) is 10.8 Å². The lowest BCUT2D eigenvalue weighted by Crippen LogP contribution is -1.83. The Kier molecular flexibility index (Phi) is 4.80. The molecule has 0 bridgehead atoms. The fourth-order valence-electron chi connectivity index (χ4n) is 0.365. The van der Waals surface area contributed by atoms with Gasteiger partial charge >= 0.3 is 5.97 Å². The van der Waals surface area contributed by atoms with Gasteiger partial charge in [0.15, 0.2) is 5.95 Å². The summed E-state index contributed by atoms with van der Waals surface area (Å²) in [5, 5.41) is 7.76. The van der Waals surface area contributed by atoms with Crippen molar-refractivity contribution in [3.8, 4) is 0 Å². The van der Waals surface area contributed by atoms with E-state index < -0.39 is 5.97 Å². The van der Waals surface area contributed by atoms with Gasteiger partial charge in [0.1, 0.15) is 0 Å². The van der Waals surface area contributed by atoms with Crippen molar-refractivity contribution in [3.63, 3.8) is 0 Å². The number of nitrogens with zero attached hydrogens (tertiary/aromatic N) is 1. The molecule has 0 aliphatic rings. The minimum absolute atomic E-state index is 0.468. The highest BCUT2D eigenvalue weighted by Gasteiger charge is 1.76. The van der Waals surface area contributed by atoms with Crippen LogP contribution in [0.2, 0.25) is 0 Å². The summed E-state index contributed by atoms with van der Waals surface area (Å²) in [5.74, 6) is -0.542. The minimum Gasteiger partial charge on any atom is -0.478 e. The molecule has 5 heteroatoms. The first-order chi connectivity index (χ1) is 5.66. The van der Waals surface area contributed by atoms with Crippen LogP contribution in [-0.4, -0.2) is 21.0 Å². The van der Waals surface area contributed by atoms with Crippen molar-refractivity contribution in [1.82, 2.24) is 9.97 Å². The molecule has 0 aliphatic carbocycles. The van der Waals surface area contributed by atoms with Crippen LogP contribution in [0.4, 0.5) is 5.95 Å². The van der Waals surface area contributed by atoms with Gasteiger partial charge in [0.25, 0.3) is 0 Å². The van der Waals surface area contributed by atoms with Gasteiger partial charge in [0, 0.05) is 12.4 Å². The van der Waals surface area contributed by atoms with Gasteiger partial charge in [0.2, 0.25) is 0 Å². The number of anilines is 1. The Bertz CT molecular complexity index is 273. The number of H-pyrrole nitrogens is 1. The Morgan fingerprint density at radius 2 is 2.58 bits per heavy atom. The molecule has 1 rings (SSSR count). The normalized spacial score (nSPS) is 7.33. The first-order valence-corrected chi connectivity index (χ1v) is 3.00. The van der Waals surface area contributed by atoms with Crippen LogP contribution in [0.3, 0.4) is 0 Å². The van der Waals surface area contributed by atoms with Gasteiger partial charge in [-0.15, -0.1) is 5.73 Å². The molecule has 64 valence electrons. The molecule has 0 radical (unpaired) electrons. The average molecular weight is 167 g/mol. The predicted molar refractivity (Wildman–Crippen MR) is 44.3 cm³/mol. The molecule has 1 aromatic heterocycles. The molecule has 0 fully saturated rings. The minimum atomic E-state index is -1.01. The number of nitrogen functional groups attached to an aromatic ring is 1. The van der Waals surface area contributed by atoms with Crippen LogP contribution in [0.25, 0.3) is 0 Å². The Balaban J connectivity index is 0.000000202. The number of imidazole rings is 1. The standard InChI is InChI=1S/C4H4O2.C3H5N3/c1-2-3-4(5)6;4-3-5-1-2-6-3/h3H,1H2,(H,5,6);1-2H,(H3,4,5,6). The van der Waals surface area contributed by atoms with Crippen LogP contribution in [0.5, 0.6) is 0 Å². The van der Waals surface area contributed by atoms with Crippen molar-refractivity contribution in [2.75, 3.05) is 5.73 Å². The predicted octanol–water partition coefficient (Wildman–Crippen LogP) is 0.404. The molecule has 0 aromatic carbocycles. The number of rotatable bonds is 1. The number of nitrogens with one attached hydrogen (secondary N) is 1. The maximum atomic E-state index is 9.44. The molecule has 4 N–H and O–H groups in total. The Labute approximate surface area is 69.2 Å². The zero-order valence-electron chi connectivity index (χ0n) is 6.32. The second-order valence-electron chi connectivity index (χ2n) is 1.66. The van der Waals surface area contributed by atoms with E-state index in [0.717, 1.165) is 6.08 Å². The van der Waals surface area contributed by atoms with E-state index in [-0.39, 0.29) is 0 Å². The van der Waals surface area contributed by atoms with Crippen LogP contribution < -0.4 is 5.73 Å². The SMILES string of the molecule is C=C=CC(=O)O.Nc1ncc[nH]1. The van der Waals surface area contributed by atoms with E-state index in [1.807, 2.05) is 0 Å². The van der Waals surface area contributed by atoms with Gasteiger partial charge < -0.3 is 15.8 Å². The lowest BCUT2D eigenvalue weighted by atomic mass is 10.6. The topological polar surface area (TPSA) is 92.0 Å². The molecule has 0 saturated heterocycles. The zero-order valence-corrected chi connectivity index (χ0v) is 6.32. The molecule has 1 aromatic rings. The Morgan fingerprint density at radius 3 is 2.67 bits per heavy atom. The Morgan fingerprint density at radius 1 is 1.92 bits per heavy atom. The van der Waals surface area contributed by atoms with Gasteiger partial charge in [-0.2, -0.15) is 0 Å². The fraction of sp³-hybridized carbons (Fsp3) is 0. The van der Waals surface area contributed by atoms with Crippen molar-refractivity contribution in [3.05, 3.63) is 30.8 Å². The van der Waals surface area contributed by atoms with E-state index in [2.05, 4.69) is 22.3 Å². The highest BCUT2D eigenvalue weighted by atomic mass is 16.4. The number of nitrogens with two attached hydrogens (primary N) is 1. The van der Waals surface area contributed by atoms with Crippen LogP contribution in [0.15, 0.2) is 30.8 Å². The van der Waals surface area contributed by atoms with E-state index in [0.29, 0.717) is 5.95 Å². The zero-order chi connectivity index (χ0) is 9.40. The van der Waals surface area contributed by atoms with Crippen LogP contribution in [0.1, 0.15) is 0 Å². The molecule has 0 aliphatic heterocycles. The van der Waals surface area contributed by atoms with Crippen molar-refractivity contribution in [2.45, 2.75) is 0 Å². The number of carboxylic acid groups (broad SMARTS) is 1. The monoisotopic (exact) mass is 167 g/mol. The summed E-state index contributed by atoms with van der Waals surface area (Å²) in [5.41, 5.74) is 7.20. The second kappa shape index (κ2) is 5.76. The second-order valence-corrected chi connectivity index (χ2v) is 1.66. The summed E-state index contributed by atoms with van der Waals surface area (Å²) in [6, 6.07) is 0. The van der Waals surface area contributed by atoms with Gasteiger partial charge in [-0.1, -0.05) is 6.58 Å². The molecule has 5 nitrogen and oxygen atoms in total. The summed E-state index contributed by atoms with van der Waals surface area (Å²) < 4.78 is 0. The molecular formula is C7H9N3O2. The van der Waals surface area contributed by atoms with Gasteiger partial charge in [-0.05, 0) is 0 Å². The summed E-state index contributed by atoms with van der Waals surface area (Å²) in [6.45, 7) is 3.04. The first kappa shape index (κ1) is 10.0. The van der Waals surface area contributed by atoms with Crippen molar-refractivity contribution in [2.24, 2.45) is 0 Å². The summed E-state index contributed by atoms with van der Waals surface area (Å²) >= 11 is 0. The van der Waals surface area contributed by atoms with Gasteiger partial charge in [-0.3, -0.25) is 0 Å². The largest absolute Gasteiger partial charge is 0.478 e. The highest BCUT2D eigenvalue weighted by molar-refractivity contribution is 5.79. The van der Waals surface area contributed by atoms with Crippen molar-refractivity contribution >= 4 is 11.9 Å². The van der Waals surface area contributed by atoms with Gasteiger partial charge in [-0.25, -0.2) is 9.78 Å². The summed E-state index contributed by atoms with van der Waals surface area (Å²) in [6.07, 6.45) is 4.13. The fourth-order valence-corrected chi connectivity index (χ4v) is 0.365. The molecule has 12 heavy (non-hydrogen) atoms. The number of aliphatic carboxylic acids is 1. The number of hydrogen-bond acceptors (Lipinski definition) is 3. The third-order valence-electron chi connectivity index (χ3n) is 0.745. The molecule has 0 saturated carbocycles. The van der Waals surface area contributed by atoms with Crippen LogP contribution in [-0.2, 0) is 4.79 Å². The van der Waals surface area contributed by atoms with E-state index in [1.165, 1.54) is 0 Å². The number of aromatic amines is 1. The third-order valence-corrected chi connectivity index (χ3v) is 0.745. The van der Waals surface area contributed by atoms with Gasteiger partial charge in [0.05, 0.1) is 6.08 Å². The Hall–Kier alpha value is -2.00. The number of carboxylic acids is 1. The molecular weight excluding hydrogens is 158 g/mol. The van der Waals surface area contributed by atoms with E-state index in [9.17, 15) is 4.79 Å². The molecule has 0 atom stereocenters. The quantitative estimate of drug-likeness (QED) is 0.417. The van der Waals surface area contributed by atoms with Crippen LogP contribution >= 0.6 is 0 Å². The maximum Gasteiger partial charge on any atom is 0.336 e. The number of hydrogen-bond donors (Lipinski definition) is 3. The lowest BCUT2D eigenvalue weighted by Gasteiger charge is -1.70. The smallest absolute Gasteiger partial charge is 0.336 e. The van der Waals surface area contributed by atoms with Crippen molar-refractivity contribution in [1.29, 1.82) is 0 Å². The average Bonchev–Trinajstić information content (AvgIpc) is 2.40. The molecule has 0 spiro atoms. The van der Waals surface area contributed by atoms with E-state index >= 15 is 0 Å². The molecule has 0 unspecified atom stereocenters. The lowest BCUT2D eigenvalue weighted by molar-refractivity contribution is -0.131. The maximum absolute atomic E-state index is 9.44.